The number of nitrogens with zero attached hydrogens (tertiary/aromatic N) is 2. The van der Waals surface area contributed by atoms with Gasteiger partial charge in [-0.1, -0.05) is 36.4 Å². The lowest BCUT2D eigenvalue weighted by Gasteiger charge is -2.29. The summed E-state index contributed by atoms with van der Waals surface area (Å²) in [5.74, 6) is -1.15. The van der Waals surface area contributed by atoms with E-state index in [1.54, 1.807) is 12.1 Å². The molecule has 4 nitrogen and oxygen atoms in total. The molecular formula is C22H17FN3O+. The summed E-state index contributed by atoms with van der Waals surface area (Å²) >= 11 is 0. The number of ketones is 1. The van der Waals surface area contributed by atoms with Crippen LogP contribution < -0.4 is 4.90 Å². The normalized spacial score (nSPS) is 27.1. The average Bonchev–Trinajstić information content (AvgIpc) is 3.00. The van der Waals surface area contributed by atoms with Crippen LogP contribution in [-0.2, 0) is 4.79 Å². The van der Waals surface area contributed by atoms with Crippen LogP contribution in [0.1, 0.15) is 35.6 Å². The molecule has 2 aliphatic rings. The highest BCUT2D eigenvalue weighted by atomic mass is 19.1. The highest BCUT2D eigenvalue weighted by Crippen LogP contribution is 2.51. The molecule has 0 saturated carbocycles. The standard InChI is InChI=1S/C22H16FN3O/c1-14(27)20-19(16-6-8-17(23)9-7-16)22(12-24,13-25)21-18-5-3-2-4-15(18)10-11-26(20)21/h2-11,19-21H,1H3/p+1/t19-,20-,21+/m1/s1. The molecule has 2 heterocycles. The fourth-order valence-corrected chi connectivity index (χ4v) is 4.70. The van der Waals surface area contributed by atoms with Crippen molar-refractivity contribution in [3.05, 3.63) is 77.2 Å². The lowest BCUT2D eigenvalue weighted by molar-refractivity contribution is -0.885. The van der Waals surface area contributed by atoms with Crippen LogP contribution in [0.2, 0.25) is 0 Å². The van der Waals surface area contributed by atoms with Crippen LogP contribution in [0.3, 0.4) is 0 Å². The summed E-state index contributed by atoms with van der Waals surface area (Å²) in [6, 6.07) is 16.8. The molecule has 4 atom stereocenters. The number of carbonyl (C=O) groups is 1. The Morgan fingerprint density at radius 2 is 1.78 bits per heavy atom. The second kappa shape index (κ2) is 6.16. The molecule has 2 aliphatic heterocycles. The predicted molar refractivity (Wildman–Crippen MR) is 96.4 cm³/mol. The van der Waals surface area contributed by atoms with E-state index in [9.17, 15) is 19.7 Å². The summed E-state index contributed by atoms with van der Waals surface area (Å²) in [6.07, 6.45) is 3.82. The Balaban J connectivity index is 2.00. The number of fused-ring (bicyclic) bond motifs is 3. The van der Waals surface area contributed by atoms with Gasteiger partial charge >= 0.3 is 0 Å². The maximum absolute atomic E-state index is 13.5. The van der Waals surface area contributed by atoms with E-state index in [2.05, 4.69) is 12.1 Å². The van der Waals surface area contributed by atoms with E-state index in [0.29, 0.717) is 5.56 Å². The quantitative estimate of drug-likeness (QED) is 0.897. The zero-order chi connectivity index (χ0) is 19.2. The second-order valence-electron chi connectivity index (χ2n) is 7.11. The largest absolute Gasteiger partial charge is 0.293 e. The van der Waals surface area contributed by atoms with E-state index in [4.69, 9.17) is 0 Å². The first-order valence-corrected chi connectivity index (χ1v) is 8.75. The Morgan fingerprint density at radius 1 is 1.11 bits per heavy atom. The van der Waals surface area contributed by atoms with Gasteiger partial charge < -0.3 is 0 Å². The summed E-state index contributed by atoms with van der Waals surface area (Å²) in [7, 11) is 0. The first kappa shape index (κ1) is 17.1. The third kappa shape index (κ3) is 2.33. The van der Waals surface area contributed by atoms with Crippen molar-refractivity contribution >= 4 is 11.9 Å². The minimum atomic E-state index is -1.44. The fourth-order valence-electron chi connectivity index (χ4n) is 4.70. The molecule has 132 valence electrons. The molecule has 0 bridgehead atoms. The molecule has 2 aromatic carbocycles. The number of benzene rings is 2. The Kier molecular flexibility index (Phi) is 3.91. The highest BCUT2D eigenvalue weighted by Gasteiger charge is 2.67. The zero-order valence-corrected chi connectivity index (χ0v) is 14.7. The van der Waals surface area contributed by atoms with Crippen molar-refractivity contribution in [3.8, 4) is 12.1 Å². The molecule has 1 saturated heterocycles. The molecule has 4 rings (SSSR count). The lowest BCUT2D eigenvalue weighted by atomic mass is 9.68. The summed E-state index contributed by atoms with van der Waals surface area (Å²) in [5, 5.41) is 20.3. The lowest BCUT2D eigenvalue weighted by Crippen LogP contribution is -3.11. The third-order valence-electron chi connectivity index (χ3n) is 5.77. The maximum atomic E-state index is 13.5. The van der Waals surface area contributed by atoms with Crippen molar-refractivity contribution < 1.29 is 14.1 Å². The van der Waals surface area contributed by atoms with Crippen LogP contribution in [0.15, 0.2) is 54.7 Å². The number of quaternary nitrogens is 1. The number of carbonyl (C=O) groups excluding carboxylic acids is 1. The van der Waals surface area contributed by atoms with Gasteiger partial charge in [0.15, 0.2) is 17.9 Å². The number of hydrogen-bond acceptors (Lipinski definition) is 3. The molecular weight excluding hydrogens is 341 g/mol. The van der Waals surface area contributed by atoms with E-state index in [0.717, 1.165) is 16.0 Å². The molecule has 27 heavy (non-hydrogen) atoms. The van der Waals surface area contributed by atoms with Crippen LogP contribution in [0.5, 0.6) is 0 Å². The first-order chi connectivity index (χ1) is 13.0. The molecule has 1 unspecified atom stereocenters. The van der Waals surface area contributed by atoms with Crippen molar-refractivity contribution in [3.63, 3.8) is 0 Å². The zero-order valence-electron chi connectivity index (χ0n) is 14.7. The highest BCUT2D eigenvalue weighted by molar-refractivity contribution is 5.82. The molecule has 2 aromatic rings. The monoisotopic (exact) mass is 358 g/mol. The Morgan fingerprint density at radius 3 is 2.41 bits per heavy atom. The Labute approximate surface area is 156 Å². The van der Waals surface area contributed by atoms with E-state index in [-0.39, 0.29) is 5.78 Å². The van der Waals surface area contributed by atoms with Crippen LogP contribution in [-0.4, -0.2) is 11.8 Å². The van der Waals surface area contributed by atoms with Gasteiger partial charge in [0.05, 0.1) is 24.3 Å². The second-order valence-corrected chi connectivity index (χ2v) is 7.11. The van der Waals surface area contributed by atoms with Gasteiger partial charge in [0.25, 0.3) is 0 Å². The van der Waals surface area contributed by atoms with Gasteiger partial charge in [-0.05, 0) is 29.3 Å². The smallest absolute Gasteiger partial charge is 0.212 e. The first-order valence-electron chi connectivity index (χ1n) is 8.75. The molecule has 5 heteroatoms. The molecule has 0 radical (unpaired) electrons. The Hall–Kier alpha value is -3.28. The minimum absolute atomic E-state index is 0.0965. The summed E-state index contributed by atoms with van der Waals surface area (Å²) < 4.78 is 13.5. The van der Waals surface area contributed by atoms with Gasteiger partial charge in [-0.3, -0.25) is 9.69 Å². The summed E-state index contributed by atoms with van der Waals surface area (Å²) in [4.78, 5) is 13.4. The van der Waals surface area contributed by atoms with Crippen molar-refractivity contribution in [2.75, 3.05) is 0 Å². The van der Waals surface area contributed by atoms with Crippen molar-refractivity contribution in [2.24, 2.45) is 5.41 Å². The third-order valence-corrected chi connectivity index (χ3v) is 5.77. The molecule has 1 fully saturated rings. The maximum Gasteiger partial charge on any atom is 0.212 e. The average molecular weight is 358 g/mol. The number of nitrogens with one attached hydrogen (secondary N) is 1. The van der Waals surface area contributed by atoms with Gasteiger partial charge in [-0.25, -0.2) is 4.39 Å². The van der Waals surface area contributed by atoms with Crippen LogP contribution in [0, 0.1) is 33.9 Å². The van der Waals surface area contributed by atoms with Crippen molar-refractivity contribution in [1.29, 1.82) is 10.5 Å². The van der Waals surface area contributed by atoms with E-state index in [1.807, 2.05) is 36.5 Å². The number of hydrogen-bond donors (Lipinski definition) is 1. The summed E-state index contributed by atoms with van der Waals surface area (Å²) in [6.45, 7) is 1.49. The molecule has 0 amide bonds. The van der Waals surface area contributed by atoms with Crippen molar-refractivity contribution in [2.45, 2.75) is 24.9 Å². The number of rotatable bonds is 2. The topological polar surface area (TPSA) is 69.1 Å². The van der Waals surface area contributed by atoms with Gasteiger partial charge in [0, 0.05) is 12.5 Å². The van der Waals surface area contributed by atoms with Gasteiger partial charge in [0.1, 0.15) is 5.82 Å². The number of halogens is 1. The number of nitriles is 2. The van der Waals surface area contributed by atoms with Crippen LogP contribution in [0.25, 0.3) is 6.08 Å². The number of Topliss-reactive ketones (excluding diaryl/α,β-unsaturated/α-hetero) is 1. The van der Waals surface area contributed by atoms with Gasteiger partial charge in [-0.15, -0.1) is 0 Å². The molecule has 0 aromatic heterocycles. The fraction of sp³-hybridized carbons (Fsp3) is 0.227. The van der Waals surface area contributed by atoms with Crippen LogP contribution in [0.4, 0.5) is 4.39 Å². The molecule has 0 aliphatic carbocycles. The van der Waals surface area contributed by atoms with Crippen molar-refractivity contribution in [1.82, 2.24) is 0 Å². The predicted octanol–water partition coefficient (Wildman–Crippen LogP) is 2.52. The van der Waals surface area contributed by atoms with Gasteiger partial charge in [-0.2, -0.15) is 10.5 Å². The van der Waals surface area contributed by atoms with E-state index < -0.39 is 29.2 Å². The van der Waals surface area contributed by atoms with Gasteiger partial charge in [0.2, 0.25) is 5.41 Å². The Bertz CT molecular complexity index is 1010. The van der Waals surface area contributed by atoms with E-state index in [1.165, 1.54) is 19.1 Å². The molecule has 1 N–H and O–H groups in total. The SMILES string of the molecule is CC(=O)[C@@H]1[C@@H](c2ccc(F)cc2)C(C#N)(C#N)[C@@H]2c3ccccc3C=C[NH+]12. The van der Waals surface area contributed by atoms with Crippen LogP contribution >= 0.6 is 0 Å². The minimum Gasteiger partial charge on any atom is -0.293 e. The molecule has 0 spiro atoms. The van der Waals surface area contributed by atoms with E-state index >= 15 is 0 Å². The summed E-state index contributed by atoms with van der Waals surface area (Å²) in [5.41, 5.74) is 1.02.